The summed E-state index contributed by atoms with van der Waals surface area (Å²) < 4.78 is 50.2. The molecule has 0 bridgehead atoms. The molecular formula is C8H3ClF2N2O5S. The van der Waals surface area contributed by atoms with E-state index in [2.05, 4.69) is 4.74 Å². The molecule has 1 aromatic rings. The van der Waals surface area contributed by atoms with Gasteiger partial charge < -0.3 is 4.74 Å². The van der Waals surface area contributed by atoms with Gasteiger partial charge in [0.25, 0.3) is 9.05 Å². The van der Waals surface area contributed by atoms with Crippen LogP contribution in [0, 0.1) is 21.4 Å². The van der Waals surface area contributed by atoms with Gasteiger partial charge in [0.15, 0.2) is 5.56 Å². The number of nitriles is 1. The van der Waals surface area contributed by atoms with Gasteiger partial charge in [0, 0.05) is 10.7 Å². The molecular weight excluding hydrogens is 310 g/mol. The Labute approximate surface area is 109 Å². The van der Waals surface area contributed by atoms with Gasteiger partial charge >= 0.3 is 12.3 Å². The van der Waals surface area contributed by atoms with Crippen molar-refractivity contribution >= 4 is 25.4 Å². The second-order valence-corrected chi connectivity index (χ2v) is 5.51. The maximum Gasteiger partial charge on any atom is 0.387 e. The van der Waals surface area contributed by atoms with Gasteiger partial charge in [-0.25, -0.2) is 8.42 Å². The molecule has 0 unspecified atom stereocenters. The average Bonchev–Trinajstić information content (AvgIpc) is 2.25. The smallest absolute Gasteiger partial charge is 0.387 e. The number of ether oxygens (including phenoxy) is 1. The van der Waals surface area contributed by atoms with Crippen molar-refractivity contribution in [3.63, 3.8) is 0 Å². The number of nitro benzene ring substituents is 1. The number of hydrogen-bond acceptors (Lipinski definition) is 6. The molecule has 0 aliphatic carbocycles. The van der Waals surface area contributed by atoms with E-state index in [9.17, 15) is 27.3 Å². The highest BCUT2D eigenvalue weighted by Crippen LogP contribution is 2.36. The molecule has 102 valence electrons. The second kappa shape index (κ2) is 5.33. The van der Waals surface area contributed by atoms with E-state index in [-0.39, 0.29) is 0 Å². The van der Waals surface area contributed by atoms with Gasteiger partial charge in [-0.2, -0.15) is 14.0 Å². The molecule has 0 heterocycles. The Morgan fingerprint density at radius 1 is 1.47 bits per heavy atom. The normalized spacial score (nSPS) is 11.1. The van der Waals surface area contributed by atoms with Gasteiger partial charge in [-0.3, -0.25) is 10.1 Å². The van der Waals surface area contributed by atoms with Crippen LogP contribution < -0.4 is 4.74 Å². The molecule has 0 atom stereocenters. The van der Waals surface area contributed by atoms with Gasteiger partial charge in [-0.05, 0) is 12.1 Å². The lowest BCUT2D eigenvalue weighted by atomic mass is 10.2. The molecule has 0 spiro atoms. The first-order valence-corrected chi connectivity index (χ1v) is 6.60. The lowest BCUT2D eigenvalue weighted by molar-refractivity contribution is -0.386. The van der Waals surface area contributed by atoms with Crippen molar-refractivity contribution < 1.29 is 26.9 Å². The van der Waals surface area contributed by atoms with E-state index in [0.717, 1.165) is 0 Å². The highest BCUT2D eigenvalue weighted by Gasteiger charge is 2.30. The minimum Gasteiger partial charge on any atom is -0.427 e. The molecule has 1 rings (SSSR count). The van der Waals surface area contributed by atoms with Gasteiger partial charge in [-0.1, -0.05) is 0 Å². The summed E-state index contributed by atoms with van der Waals surface area (Å²) in [6.07, 6.45) is 0. The maximum absolute atomic E-state index is 12.1. The van der Waals surface area contributed by atoms with E-state index >= 15 is 0 Å². The first kappa shape index (κ1) is 15.1. The Bertz CT molecular complexity index is 670. The van der Waals surface area contributed by atoms with Crippen molar-refractivity contribution in [2.45, 2.75) is 11.5 Å². The highest BCUT2D eigenvalue weighted by atomic mass is 35.7. The summed E-state index contributed by atoms with van der Waals surface area (Å²) in [7, 11) is 0.542. The summed E-state index contributed by atoms with van der Waals surface area (Å²) in [4.78, 5) is 8.69. The van der Waals surface area contributed by atoms with Crippen LogP contribution in [0.25, 0.3) is 0 Å². The summed E-state index contributed by atoms with van der Waals surface area (Å²) in [5, 5.41) is 19.5. The summed E-state index contributed by atoms with van der Waals surface area (Å²) in [6, 6.07) is 2.53. The van der Waals surface area contributed by atoms with Crippen LogP contribution in [-0.4, -0.2) is 20.0 Å². The fourth-order valence-corrected chi connectivity index (χ4v) is 2.24. The van der Waals surface area contributed by atoms with Gasteiger partial charge in [0.05, 0.1) is 4.92 Å². The minimum absolute atomic E-state index is 0.625. The van der Waals surface area contributed by atoms with Crippen molar-refractivity contribution in [3.05, 3.63) is 27.8 Å². The van der Waals surface area contributed by atoms with Crippen LogP contribution in [0.2, 0.25) is 0 Å². The summed E-state index contributed by atoms with van der Waals surface area (Å²) in [5.74, 6) is -0.930. The minimum atomic E-state index is -4.44. The number of halogens is 3. The Kier molecular flexibility index (Phi) is 4.23. The predicted octanol–water partition coefficient (Wildman–Crippen LogP) is 2.00. The number of nitrogens with zero attached hydrogens (tertiary/aromatic N) is 2. The number of nitro groups is 1. The lowest BCUT2D eigenvalue weighted by Crippen LogP contribution is -2.07. The van der Waals surface area contributed by atoms with E-state index in [1.165, 1.54) is 6.07 Å². The summed E-state index contributed by atoms with van der Waals surface area (Å²) in [5.41, 5.74) is -2.16. The fraction of sp³-hybridized carbons (Fsp3) is 0.125. The number of hydrogen-bond donors (Lipinski definition) is 0. The molecule has 0 radical (unpaired) electrons. The third-order valence-corrected chi connectivity index (χ3v) is 3.24. The molecule has 11 heteroatoms. The molecule has 0 amide bonds. The number of alkyl halides is 2. The van der Waals surface area contributed by atoms with E-state index in [4.69, 9.17) is 15.9 Å². The molecule has 0 fully saturated rings. The standard InChI is InChI=1S/C8H3ClF2N2O5S/c9-19(16,17)6-2-1-5(18-8(10)11)7(13(14)15)4(6)3-12/h1-2,8H. The van der Waals surface area contributed by atoms with E-state index in [1.54, 1.807) is 0 Å². The van der Waals surface area contributed by atoms with Crippen molar-refractivity contribution in [2.24, 2.45) is 0 Å². The van der Waals surface area contributed by atoms with Crippen molar-refractivity contribution in [1.29, 1.82) is 5.26 Å². The molecule has 19 heavy (non-hydrogen) atoms. The zero-order chi connectivity index (χ0) is 14.8. The Morgan fingerprint density at radius 2 is 2.05 bits per heavy atom. The first-order chi connectivity index (χ1) is 8.68. The molecule has 0 aliphatic heterocycles. The molecule has 0 aliphatic rings. The van der Waals surface area contributed by atoms with Crippen LogP contribution in [0.4, 0.5) is 14.5 Å². The zero-order valence-corrected chi connectivity index (χ0v) is 10.3. The van der Waals surface area contributed by atoms with Gasteiger partial charge in [0.1, 0.15) is 11.0 Å². The second-order valence-electron chi connectivity index (χ2n) is 2.97. The Morgan fingerprint density at radius 3 is 2.42 bits per heavy atom. The predicted molar refractivity (Wildman–Crippen MR) is 57.5 cm³/mol. The number of rotatable bonds is 4. The maximum atomic E-state index is 12.1. The van der Waals surface area contributed by atoms with Crippen molar-refractivity contribution in [2.75, 3.05) is 0 Å². The van der Waals surface area contributed by atoms with Crippen LogP contribution >= 0.6 is 10.7 Å². The molecule has 7 nitrogen and oxygen atoms in total. The van der Waals surface area contributed by atoms with Crippen LogP contribution in [0.5, 0.6) is 5.75 Å². The first-order valence-electron chi connectivity index (χ1n) is 4.29. The Balaban J connectivity index is 3.68. The zero-order valence-electron chi connectivity index (χ0n) is 8.71. The van der Waals surface area contributed by atoms with Crippen LogP contribution in [0.15, 0.2) is 17.0 Å². The summed E-state index contributed by atoms with van der Waals surface area (Å²) in [6.45, 7) is -3.37. The van der Waals surface area contributed by atoms with E-state index in [1.807, 2.05) is 0 Å². The molecule has 0 saturated carbocycles. The SMILES string of the molecule is N#Cc1c(S(=O)(=O)Cl)ccc(OC(F)F)c1[N+](=O)[O-]. The third kappa shape index (κ3) is 3.27. The Hall–Kier alpha value is -1.99. The van der Waals surface area contributed by atoms with E-state index < -0.39 is 42.5 Å². The summed E-state index contributed by atoms with van der Waals surface area (Å²) >= 11 is 0. The fourth-order valence-electron chi connectivity index (χ4n) is 1.24. The van der Waals surface area contributed by atoms with Gasteiger partial charge in [0.2, 0.25) is 5.75 Å². The largest absolute Gasteiger partial charge is 0.427 e. The van der Waals surface area contributed by atoms with E-state index in [0.29, 0.717) is 12.1 Å². The van der Waals surface area contributed by atoms with Crippen molar-refractivity contribution in [1.82, 2.24) is 0 Å². The van der Waals surface area contributed by atoms with Crippen molar-refractivity contribution in [3.8, 4) is 11.8 Å². The molecule has 0 saturated heterocycles. The van der Waals surface area contributed by atoms with Crippen LogP contribution in [0.1, 0.15) is 5.56 Å². The topological polar surface area (TPSA) is 110 Å². The quantitative estimate of drug-likeness (QED) is 0.477. The average molecular weight is 313 g/mol. The highest BCUT2D eigenvalue weighted by molar-refractivity contribution is 8.13. The molecule has 1 aromatic carbocycles. The van der Waals surface area contributed by atoms with Crippen LogP contribution in [-0.2, 0) is 9.05 Å². The molecule has 0 aromatic heterocycles. The lowest BCUT2D eigenvalue weighted by Gasteiger charge is -2.07. The number of benzene rings is 1. The third-order valence-electron chi connectivity index (χ3n) is 1.88. The monoisotopic (exact) mass is 312 g/mol. The van der Waals surface area contributed by atoms with Gasteiger partial charge in [-0.15, -0.1) is 0 Å². The van der Waals surface area contributed by atoms with Crippen LogP contribution in [0.3, 0.4) is 0 Å². The molecule has 0 N–H and O–H groups in total.